The fraction of sp³-hybridized carbons (Fsp3) is 0.500. The van der Waals surface area contributed by atoms with E-state index < -0.39 is 0 Å². The number of methoxy groups -OCH3 is 1. The van der Waals surface area contributed by atoms with E-state index in [1.807, 2.05) is 12.1 Å². The number of furan rings is 1. The Balaban J connectivity index is 2.46. The summed E-state index contributed by atoms with van der Waals surface area (Å²) in [6.07, 6.45) is 7.04. The highest BCUT2D eigenvalue weighted by molar-refractivity contribution is 9.28. The van der Waals surface area contributed by atoms with E-state index in [2.05, 4.69) is 58.7 Å². The molecule has 1 aromatic heterocycles. The van der Waals surface area contributed by atoms with Crippen molar-refractivity contribution in [2.24, 2.45) is 11.3 Å². The quantitative estimate of drug-likeness (QED) is 0.571. The first-order valence-electron chi connectivity index (χ1n) is 6.71. The van der Waals surface area contributed by atoms with E-state index in [1.165, 1.54) is 5.57 Å². The van der Waals surface area contributed by atoms with Crippen LogP contribution in [0.5, 0.6) is 0 Å². The van der Waals surface area contributed by atoms with Crippen LogP contribution < -0.4 is 0 Å². The summed E-state index contributed by atoms with van der Waals surface area (Å²) >= 11 is 6.81. The summed E-state index contributed by atoms with van der Waals surface area (Å²) in [6, 6.07) is 1.96. The number of rotatable bonds is 4. The molecule has 0 fully saturated rings. The molecular formula is C16H20Br2O2. The molecule has 0 unspecified atom stereocenters. The molecule has 0 radical (unpaired) electrons. The number of halogens is 2. The third-order valence-electron chi connectivity index (χ3n) is 4.66. The van der Waals surface area contributed by atoms with E-state index in [0.717, 1.165) is 21.1 Å². The van der Waals surface area contributed by atoms with E-state index in [-0.39, 0.29) is 11.5 Å². The smallest absolute Gasteiger partial charge is 0.140 e. The summed E-state index contributed by atoms with van der Waals surface area (Å²) in [4.78, 5) is 0. The maximum atomic E-state index is 5.85. The maximum absolute atomic E-state index is 5.85. The molecule has 20 heavy (non-hydrogen) atoms. The van der Waals surface area contributed by atoms with Crippen molar-refractivity contribution in [2.75, 3.05) is 7.11 Å². The number of hydrogen-bond donors (Lipinski definition) is 0. The van der Waals surface area contributed by atoms with Gasteiger partial charge in [-0.1, -0.05) is 25.5 Å². The fourth-order valence-corrected chi connectivity index (χ4v) is 3.57. The van der Waals surface area contributed by atoms with Gasteiger partial charge in [0.15, 0.2) is 0 Å². The Morgan fingerprint density at radius 3 is 2.75 bits per heavy atom. The van der Waals surface area contributed by atoms with Crippen LogP contribution in [0.4, 0.5) is 0 Å². The van der Waals surface area contributed by atoms with Crippen LogP contribution in [0, 0.1) is 11.3 Å². The lowest BCUT2D eigenvalue weighted by molar-refractivity contribution is -0.0208. The molecule has 0 N–H and O–H groups in total. The summed E-state index contributed by atoms with van der Waals surface area (Å²) in [6.45, 7) is 6.73. The minimum atomic E-state index is -0.0863. The van der Waals surface area contributed by atoms with Crippen LogP contribution in [0.3, 0.4) is 0 Å². The highest BCUT2D eigenvalue weighted by Crippen LogP contribution is 2.53. The molecule has 1 aliphatic carbocycles. The van der Waals surface area contributed by atoms with E-state index >= 15 is 0 Å². The van der Waals surface area contributed by atoms with Crippen LogP contribution in [0.25, 0.3) is 6.08 Å². The Kier molecular flexibility index (Phi) is 4.98. The van der Waals surface area contributed by atoms with Gasteiger partial charge in [0.05, 0.1) is 9.65 Å². The molecule has 2 nitrogen and oxygen atoms in total. The molecule has 0 saturated heterocycles. The Morgan fingerprint density at radius 2 is 2.25 bits per heavy atom. The maximum Gasteiger partial charge on any atom is 0.140 e. The largest absolute Gasteiger partial charge is 0.466 e. The average Bonchev–Trinajstić information content (AvgIpc) is 2.92. The summed E-state index contributed by atoms with van der Waals surface area (Å²) in [5, 5.41) is 0. The van der Waals surface area contributed by atoms with Crippen LogP contribution in [0.2, 0.25) is 0 Å². The van der Waals surface area contributed by atoms with E-state index in [4.69, 9.17) is 9.15 Å². The van der Waals surface area contributed by atoms with Crippen molar-refractivity contribution in [3.8, 4) is 0 Å². The van der Waals surface area contributed by atoms with Crippen molar-refractivity contribution in [3.05, 3.63) is 38.7 Å². The SMILES string of the molecule is CO[C@H](c1occc1C=C(Br)Br)[C@]1(C)C(C)=CC[C@H]1C. The zero-order valence-electron chi connectivity index (χ0n) is 12.2. The van der Waals surface area contributed by atoms with Gasteiger partial charge in [-0.15, -0.1) is 0 Å². The van der Waals surface area contributed by atoms with Crippen LogP contribution in [0.15, 0.2) is 31.8 Å². The molecule has 4 heteroatoms. The Labute approximate surface area is 137 Å². The normalized spacial score (nSPS) is 27.3. The molecule has 0 bridgehead atoms. The van der Waals surface area contributed by atoms with Gasteiger partial charge in [0.25, 0.3) is 0 Å². The second-order valence-corrected chi connectivity index (χ2v) is 8.37. The van der Waals surface area contributed by atoms with Crippen LogP contribution in [0.1, 0.15) is 44.6 Å². The van der Waals surface area contributed by atoms with Gasteiger partial charge in [-0.3, -0.25) is 0 Å². The molecule has 110 valence electrons. The Morgan fingerprint density at radius 1 is 1.55 bits per heavy atom. The highest BCUT2D eigenvalue weighted by atomic mass is 79.9. The third kappa shape index (κ3) is 2.70. The van der Waals surface area contributed by atoms with Gasteiger partial charge in [-0.05, 0) is 63.3 Å². The van der Waals surface area contributed by atoms with Gasteiger partial charge < -0.3 is 9.15 Å². The van der Waals surface area contributed by atoms with E-state index in [1.54, 1.807) is 13.4 Å². The van der Waals surface area contributed by atoms with Crippen LogP contribution >= 0.6 is 31.9 Å². The predicted molar refractivity (Wildman–Crippen MR) is 89.9 cm³/mol. The molecule has 3 atom stereocenters. The van der Waals surface area contributed by atoms with Crippen molar-refractivity contribution in [1.82, 2.24) is 0 Å². The first-order chi connectivity index (χ1) is 9.41. The minimum absolute atomic E-state index is 0.0337. The van der Waals surface area contributed by atoms with Crippen molar-refractivity contribution in [3.63, 3.8) is 0 Å². The predicted octanol–water partition coefficient (Wildman–Crippen LogP) is 6.05. The average molecular weight is 404 g/mol. The Hall–Kier alpha value is -0.320. The van der Waals surface area contributed by atoms with Gasteiger partial charge in [-0.2, -0.15) is 0 Å². The van der Waals surface area contributed by atoms with Crippen molar-refractivity contribution >= 4 is 37.9 Å². The molecule has 0 saturated carbocycles. The summed E-state index contributed by atoms with van der Waals surface area (Å²) in [7, 11) is 1.76. The molecule has 0 aliphatic heterocycles. The molecule has 1 heterocycles. The monoisotopic (exact) mass is 402 g/mol. The first kappa shape index (κ1) is 16.1. The second kappa shape index (κ2) is 6.20. The number of ether oxygens (including phenoxy) is 1. The van der Waals surface area contributed by atoms with Crippen molar-refractivity contribution in [1.29, 1.82) is 0 Å². The van der Waals surface area contributed by atoms with Gasteiger partial charge in [-0.25, -0.2) is 0 Å². The fourth-order valence-electron chi connectivity index (χ4n) is 3.08. The lowest BCUT2D eigenvalue weighted by Gasteiger charge is -2.38. The third-order valence-corrected chi connectivity index (χ3v) is 5.12. The first-order valence-corrected chi connectivity index (χ1v) is 8.30. The summed E-state index contributed by atoms with van der Waals surface area (Å²) < 4.78 is 12.5. The summed E-state index contributed by atoms with van der Waals surface area (Å²) in [5.41, 5.74) is 2.38. The zero-order valence-corrected chi connectivity index (χ0v) is 15.4. The lowest BCUT2D eigenvalue weighted by atomic mass is 9.71. The van der Waals surface area contributed by atoms with Gasteiger partial charge in [0, 0.05) is 18.1 Å². The van der Waals surface area contributed by atoms with Crippen LogP contribution in [-0.2, 0) is 4.74 Å². The standard InChI is InChI=1S/C16H20Br2O2/c1-10-5-6-11(2)16(10,3)15(19-4)14-12(7-8-20-14)9-13(17)18/h5,7-9,11,15H,6H2,1-4H3/t11-,15-,16-/m1/s1. The van der Waals surface area contributed by atoms with Gasteiger partial charge >= 0.3 is 0 Å². The molecule has 2 rings (SSSR count). The van der Waals surface area contributed by atoms with E-state index in [9.17, 15) is 0 Å². The summed E-state index contributed by atoms with van der Waals surface area (Å²) in [5.74, 6) is 1.41. The van der Waals surface area contributed by atoms with Crippen LogP contribution in [-0.4, -0.2) is 7.11 Å². The zero-order chi connectivity index (χ0) is 14.9. The lowest BCUT2D eigenvalue weighted by Crippen LogP contribution is -2.32. The molecular weight excluding hydrogens is 384 g/mol. The van der Waals surface area contributed by atoms with Crippen molar-refractivity contribution in [2.45, 2.75) is 33.3 Å². The minimum Gasteiger partial charge on any atom is -0.466 e. The van der Waals surface area contributed by atoms with Crippen molar-refractivity contribution < 1.29 is 9.15 Å². The molecule has 0 aromatic carbocycles. The second-order valence-electron chi connectivity index (χ2n) is 5.60. The molecule has 1 aromatic rings. The Bertz CT molecular complexity index is 540. The molecule has 0 amide bonds. The molecule has 1 aliphatic rings. The number of hydrogen-bond acceptors (Lipinski definition) is 2. The highest BCUT2D eigenvalue weighted by Gasteiger charge is 2.46. The van der Waals surface area contributed by atoms with Gasteiger partial charge in [0.1, 0.15) is 11.9 Å². The number of allylic oxidation sites excluding steroid dienone is 1. The van der Waals surface area contributed by atoms with Gasteiger partial charge in [0.2, 0.25) is 0 Å². The van der Waals surface area contributed by atoms with E-state index in [0.29, 0.717) is 5.92 Å². The topological polar surface area (TPSA) is 22.4 Å². The molecule has 0 spiro atoms.